The summed E-state index contributed by atoms with van der Waals surface area (Å²) in [5, 5.41) is 0. The fourth-order valence-corrected chi connectivity index (χ4v) is 3.34. The van der Waals surface area contributed by atoms with Crippen molar-refractivity contribution in [3.05, 3.63) is 53.7 Å². The zero-order chi connectivity index (χ0) is 19.2. The van der Waals surface area contributed by atoms with Crippen LogP contribution in [-0.2, 0) is 16.1 Å². The van der Waals surface area contributed by atoms with Gasteiger partial charge in [0.15, 0.2) is 5.69 Å². The Balaban J connectivity index is 1.66. The molecule has 0 saturated heterocycles. The second-order valence-corrected chi connectivity index (χ2v) is 6.94. The molecule has 1 aliphatic carbocycles. The molecule has 0 spiro atoms. The predicted molar refractivity (Wildman–Crippen MR) is 100 cm³/mol. The first kappa shape index (κ1) is 19.1. The van der Waals surface area contributed by atoms with Gasteiger partial charge in [-0.2, -0.15) is 0 Å². The highest BCUT2D eigenvalue weighted by Gasteiger charge is 2.45. The fraction of sp³-hybridized carbons (Fsp3) is 0.476. The predicted octanol–water partition coefficient (Wildman–Crippen LogP) is 3.78. The molecule has 1 heterocycles. The van der Waals surface area contributed by atoms with Gasteiger partial charge in [-0.25, -0.2) is 9.78 Å². The summed E-state index contributed by atoms with van der Waals surface area (Å²) in [6.07, 6.45) is 5.25. The van der Waals surface area contributed by atoms with Crippen LogP contribution < -0.4 is 0 Å². The quantitative estimate of drug-likeness (QED) is 0.496. The van der Waals surface area contributed by atoms with E-state index >= 15 is 0 Å². The van der Waals surface area contributed by atoms with Crippen LogP contribution in [0.3, 0.4) is 0 Å². The summed E-state index contributed by atoms with van der Waals surface area (Å²) in [7, 11) is 1.30. The highest BCUT2D eigenvalue weighted by atomic mass is 16.5. The monoisotopic (exact) mass is 370 g/mol. The summed E-state index contributed by atoms with van der Waals surface area (Å²) < 4.78 is 10.0. The number of aromatic nitrogens is 1. The number of rotatable bonds is 9. The number of hydrogen-bond acceptors (Lipinski definition) is 5. The molecule has 0 aliphatic heterocycles. The van der Waals surface area contributed by atoms with Crippen molar-refractivity contribution in [3.8, 4) is 0 Å². The number of benzene rings is 1. The number of oxazole rings is 1. The van der Waals surface area contributed by atoms with E-state index in [1.807, 2.05) is 23.1 Å². The third-order valence-corrected chi connectivity index (χ3v) is 4.95. The maximum atomic E-state index is 13.0. The SMILES string of the molecule is CCCCCN(Cc1nc(C(=O)OC)co1)C(=O)C1CC1c1ccccc1. The van der Waals surface area contributed by atoms with Gasteiger partial charge >= 0.3 is 5.97 Å². The molecule has 0 N–H and O–H groups in total. The van der Waals surface area contributed by atoms with Crippen LogP contribution in [0.4, 0.5) is 0 Å². The Bertz CT molecular complexity index is 771. The number of ether oxygens (including phenoxy) is 1. The lowest BCUT2D eigenvalue weighted by Crippen LogP contribution is -2.33. The van der Waals surface area contributed by atoms with Crippen LogP contribution in [0.15, 0.2) is 41.0 Å². The molecule has 2 unspecified atom stereocenters. The number of hydrogen-bond donors (Lipinski definition) is 0. The molecule has 1 fully saturated rings. The molecule has 27 heavy (non-hydrogen) atoms. The van der Waals surface area contributed by atoms with Crippen molar-refractivity contribution in [2.24, 2.45) is 5.92 Å². The summed E-state index contributed by atoms with van der Waals surface area (Å²) in [5.41, 5.74) is 1.34. The zero-order valence-electron chi connectivity index (χ0n) is 15.9. The molecule has 6 heteroatoms. The van der Waals surface area contributed by atoms with Crippen LogP contribution in [0.5, 0.6) is 0 Å². The molecule has 1 aromatic heterocycles. The van der Waals surface area contributed by atoms with E-state index in [0.29, 0.717) is 18.4 Å². The summed E-state index contributed by atoms with van der Waals surface area (Å²) >= 11 is 0. The largest absolute Gasteiger partial charge is 0.464 e. The zero-order valence-corrected chi connectivity index (χ0v) is 15.9. The van der Waals surface area contributed by atoms with Gasteiger partial charge in [0, 0.05) is 12.5 Å². The molecule has 1 saturated carbocycles. The molecule has 0 bridgehead atoms. The first-order valence-electron chi connectivity index (χ1n) is 9.50. The van der Waals surface area contributed by atoms with Gasteiger partial charge < -0.3 is 14.1 Å². The maximum Gasteiger partial charge on any atom is 0.360 e. The molecule has 1 aliphatic rings. The van der Waals surface area contributed by atoms with Crippen LogP contribution in [-0.4, -0.2) is 35.4 Å². The lowest BCUT2D eigenvalue weighted by atomic mass is 10.1. The van der Waals surface area contributed by atoms with Gasteiger partial charge in [-0.15, -0.1) is 0 Å². The van der Waals surface area contributed by atoms with Gasteiger partial charge in [-0.05, 0) is 24.3 Å². The average Bonchev–Trinajstić information content (AvgIpc) is 3.37. The number of esters is 1. The Morgan fingerprint density at radius 1 is 1.26 bits per heavy atom. The van der Waals surface area contributed by atoms with E-state index in [4.69, 9.17) is 4.42 Å². The summed E-state index contributed by atoms with van der Waals surface area (Å²) in [6.45, 7) is 3.08. The summed E-state index contributed by atoms with van der Waals surface area (Å²) in [5.74, 6) is 0.266. The minimum Gasteiger partial charge on any atom is -0.464 e. The number of nitrogens with zero attached hydrogens (tertiary/aromatic N) is 2. The smallest absolute Gasteiger partial charge is 0.360 e. The Morgan fingerprint density at radius 3 is 2.74 bits per heavy atom. The van der Waals surface area contributed by atoms with Crippen molar-refractivity contribution >= 4 is 11.9 Å². The normalized spacial score (nSPS) is 18.1. The topological polar surface area (TPSA) is 72.6 Å². The van der Waals surface area contributed by atoms with E-state index in [0.717, 1.165) is 25.7 Å². The van der Waals surface area contributed by atoms with E-state index < -0.39 is 5.97 Å². The number of carbonyl (C=O) groups excluding carboxylic acids is 2. The molecule has 6 nitrogen and oxygen atoms in total. The lowest BCUT2D eigenvalue weighted by Gasteiger charge is -2.21. The van der Waals surface area contributed by atoms with E-state index in [9.17, 15) is 9.59 Å². The number of carbonyl (C=O) groups is 2. The number of unbranched alkanes of at least 4 members (excludes halogenated alkanes) is 2. The first-order valence-corrected chi connectivity index (χ1v) is 9.50. The molecule has 144 valence electrons. The first-order chi connectivity index (χ1) is 13.1. The number of amides is 1. The molecular weight excluding hydrogens is 344 g/mol. The Kier molecular flexibility index (Phi) is 6.27. The highest BCUT2D eigenvalue weighted by Crippen LogP contribution is 2.48. The third kappa shape index (κ3) is 4.76. The third-order valence-electron chi connectivity index (χ3n) is 4.95. The Labute approximate surface area is 159 Å². The highest BCUT2D eigenvalue weighted by molar-refractivity contribution is 5.86. The van der Waals surface area contributed by atoms with Crippen molar-refractivity contribution in [1.82, 2.24) is 9.88 Å². The molecule has 3 rings (SSSR count). The van der Waals surface area contributed by atoms with Crippen molar-refractivity contribution in [3.63, 3.8) is 0 Å². The fourth-order valence-electron chi connectivity index (χ4n) is 3.34. The maximum absolute atomic E-state index is 13.0. The van der Waals surface area contributed by atoms with Crippen LogP contribution in [0.1, 0.15) is 60.5 Å². The Hall–Kier alpha value is -2.63. The van der Waals surface area contributed by atoms with E-state index in [-0.39, 0.29) is 24.1 Å². The van der Waals surface area contributed by atoms with Gasteiger partial charge in [-0.1, -0.05) is 50.1 Å². The van der Waals surface area contributed by atoms with Crippen LogP contribution in [0, 0.1) is 5.92 Å². The molecule has 2 atom stereocenters. The lowest BCUT2D eigenvalue weighted by molar-refractivity contribution is -0.133. The van der Waals surface area contributed by atoms with E-state index in [1.165, 1.54) is 18.9 Å². The molecule has 2 aromatic rings. The van der Waals surface area contributed by atoms with Crippen LogP contribution in [0.2, 0.25) is 0 Å². The average molecular weight is 370 g/mol. The van der Waals surface area contributed by atoms with Crippen molar-refractivity contribution in [1.29, 1.82) is 0 Å². The molecular formula is C21H26N2O4. The van der Waals surface area contributed by atoms with Gasteiger partial charge in [0.2, 0.25) is 11.8 Å². The van der Waals surface area contributed by atoms with Gasteiger partial charge in [-0.3, -0.25) is 4.79 Å². The standard InChI is InChI=1S/C21H26N2O4/c1-3-4-8-11-23(13-19-22-18(14-27-19)21(25)26-2)20(24)17-12-16(17)15-9-6-5-7-10-15/h5-7,9-10,14,16-17H,3-4,8,11-13H2,1-2H3. The second kappa shape index (κ2) is 8.84. The molecule has 0 radical (unpaired) electrons. The van der Waals surface area contributed by atoms with Gasteiger partial charge in [0.25, 0.3) is 0 Å². The van der Waals surface area contributed by atoms with E-state index in [1.54, 1.807) is 0 Å². The molecule has 1 amide bonds. The van der Waals surface area contributed by atoms with E-state index in [2.05, 4.69) is 28.8 Å². The van der Waals surface area contributed by atoms with Crippen LogP contribution in [0.25, 0.3) is 0 Å². The minimum atomic E-state index is -0.541. The van der Waals surface area contributed by atoms with Gasteiger partial charge in [0.1, 0.15) is 6.26 Å². The van der Waals surface area contributed by atoms with Crippen molar-refractivity contribution < 1.29 is 18.7 Å². The summed E-state index contributed by atoms with van der Waals surface area (Å²) in [6, 6.07) is 10.2. The van der Waals surface area contributed by atoms with Crippen molar-refractivity contribution in [2.45, 2.75) is 45.1 Å². The number of methoxy groups -OCH3 is 1. The van der Waals surface area contributed by atoms with Crippen molar-refractivity contribution in [2.75, 3.05) is 13.7 Å². The van der Waals surface area contributed by atoms with Gasteiger partial charge in [0.05, 0.1) is 13.7 Å². The summed E-state index contributed by atoms with van der Waals surface area (Å²) in [4.78, 5) is 30.6. The van der Waals surface area contributed by atoms with Crippen LogP contribution >= 0.6 is 0 Å². The Morgan fingerprint density at radius 2 is 2.04 bits per heavy atom. The minimum absolute atomic E-state index is 0.0177. The molecule has 1 aromatic carbocycles. The second-order valence-electron chi connectivity index (χ2n) is 6.94.